The number of hydrogen-bond donors (Lipinski definition) is 1. The fourth-order valence-corrected chi connectivity index (χ4v) is 3.18. The monoisotopic (exact) mass is 326 g/mol. The second-order valence-electron chi connectivity index (χ2n) is 5.17. The summed E-state index contributed by atoms with van der Waals surface area (Å²) >= 11 is 11.8. The van der Waals surface area contributed by atoms with Crippen LogP contribution in [0.5, 0.6) is 0 Å². The molecule has 0 amide bonds. The van der Waals surface area contributed by atoms with Gasteiger partial charge in [0.2, 0.25) is 0 Å². The SMILES string of the molecule is Cc1cc(Cl)nc(Cl)c1NC1CCCC(C(F)(F)F)C1. The largest absolute Gasteiger partial charge is 0.391 e. The standard InChI is InChI=1S/C13H15Cl2F3N2/c1-7-5-10(14)20-12(15)11(7)19-9-4-2-3-8(6-9)13(16,17)18/h5,8-9,19H,2-4,6H2,1H3. The minimum atomic E-state index is -4.13. The molecule has 2 atom stereocenters. The first kappa shape index (κ1) is 15.7. The third kappa shape index (κ3) is 3.70. The van der Waals surface area contributed by atoms with E-state index >= 15 is 0 Å². The quantitative estimate of drug-likeness (QED) is 0.752. The van der Waals surface area contributed by atoms with Crippen LogP contribution in [0.1, 0.15) is 31.2 Å². The lowest BCUT2D eigenvalue weighted by atomic mass is 9.85. The first-order chi connectivity index (χ1) is 9.27. The number of halogens is 5. The number of hydrogen-bond acceptors (Lipinski definition) is 2. The van der Waals surface area contributed by atoms with Crippen LogP contribution in [0.2, 0.25) is 10.3 Å². The number of nitrogens with one attached hydrogen (secondary N) is 1. The van der Waals surface area contributed by atoms with E-state index in [0.717, 1.165) is 5.56 Å². The van der Waals surface area contributed by atoms with Crippen molar-refractivity contribution in [2.24, 2.45) is 5.92 Å². The van der Waals surface area contributed by atoms with Gasteiger partial charge in [-0.1, -0.05) is 29.6 Å². The summed E-state index contributed by atoms with van der Waals surface area (Å²) in [6, 6.07) is 1.40. The molecule has 20 heavy (non-hydrogen) atoms. The lowest BCUT2D eigenvalue weighted by Crippen LogP contribution is -2.34. The number of anilines is 1. The van der Waals surface area contributed by atoms with Gasteiger partial charge in [0, 0.05) is 6.04 Å². The summed E-state index contributed by atoms with van der Waals surface area (Å²) in [6.07, 6.45) is -2.60. The number of nitrogens with zero attached hydrogens (tertiary/aromatic N) is 1. The Bertz CT molecular complexity index is 468. The molecule has 1 aromatic heterocycles. The summed E-state index contributed by atoms with van der Waals surface area (Å²) in [4.78, 5) is 3.91. The molecule has 2 rings (SSSR count). The van der Waals surface area contributed by atoms with Gasteiger partial charge in [0.1, 0.15) is 5.15 Å². The van der Waals surface area contributed by atoms with Crippen molar-refractivity contribution in [3.8, 4) is 0 Å². The van der Waals surface area contributed by atoms with E-state index in [2.05, 4.69) is 10.3 Å². The Labute approximate surface area is 125 Å². The molecule has 0 aromatic carbocycles. The van der Waals surface area contributed by atoms with Crippen LogP contribution in [0.25, 0.3) is 0 Å². The molecular formula is C13H15Cl2F3N2. The zero-order chi connectivity index (χ0) is 14.9. The molecule has 7 heteroatoms. The van der Waals surface area contributed by atoms with Crippen molar-refractivity contribution >= 4 is 28.9 Å². The van der Waals surface area contributed by atoms with Gasteiger partial charge in [-0.3, -0.25) is 0 Å². The van der Waals surface area contributed by atoms with E-state index in [4.69, 9.17) is 23.2 Å². The highest BCUT2D eigenvalue weighted by Gasteiger charge is 2.42. The summed E-state index contributed by atoms with van der Waals surface area (Å²) in [6.45, 7) is 1.80. The Kier molecular flexibility index (Phi) is 4.69. The second-order valence-corrected chi connectivity index (χ2v) is 5.92. The predicted molar refractivity (Wildman–Crippen MR) is 74.4 cm³/mol. The first-order valence-electron chi connectivity index (χ1n) is 6.43. The second kappa shape index (κ2) is 5.98. The summed E-state index contributed by atoms with van der Waals surface area (Å²) in [5.74, 6) is -1.24. The van der Waals surface area contributed by atoms with Gasteiger partial charge in [-0.25, -0.2) is 4.98 Å². The fourth-order valence-electron chi connectivity index (χ4n) is 2.59. The van der Waals surface area contributed by atoms with E-state index < -0.39 is 12.1 Å². The molecule has 0 spiro atoms. The average Bonchev–Trinajstić information content (AvgIpc) is 2.33. The van der Waals surface area contributed by atoms with Gasteiger partial charge in [-0.05, 0) is 37.8 Å². The Morgan fingerprint density at radius 2 is 2.00 bits per heavy atom. The van der Waals surface area contributed by atoms with Gasteiger partial charge in [0.15, 0.2) is 5.15 Å². The molecule has 1 aliphatic carbocycles. The summed E-state index contributed by atoms with van der Waals surface area (Å²) in [5, 5.41) is 3.56. The van der Waals surface area contributed by atoms with Crippen LogP contribution in [0.15, 0.2) is 6.07 Å². The van der Waals surface area contributed by atoms with E-state index in [-0.39, 0.29) is 29.2 Å². The van der Waals surface area contributed by atoms with Crippen LogP contribution >= 0.6 is 23.2 Å². The van der Waals surface area contributed by atoms with Crippen LogP contribution in [-0.2, 0) is 0 Å². The zero-order valence-electron chi connectivity index (χ0n) is 10.9. The van der Waals surface area contributed by atoms with E-state index in [1.54, 1.807) is 13.0 Å². The van der Waals surface area contributed by atoms with Crippen molar-refractivity contribution < 1.29 is 13.2 Å². The number of pyridine rings is 1. The highest BCUT2D eigenvalue weighted by molar-refractivity contribution is 6.34. The third-order valence-electron chi connectivity index (χ3n) is 3.63. The van der Waals surface area contributed by atoms with Crippen LogP contribution in [-0.4, -0.2) is 17.2 Å². The molecule has 1 heterocycles. The van der Waals surface area contributed by atoms with Gasteiger partial charge >= 0.3 is 6.18 Å². The molecule has 0 radical (unpaired) electrons. The number of aromatic nitrogens is 1. The number of aryl methyl sites for hydroxylation is 1. The molecule has 0 aliphatic heterocycles. The third-order valence-corrected chi connectivity index (χ3v) is 4.09. The molecule has 1 aromatic rings. The van der Waals surface area contributed by atoms with Crippen LogP contribution in [0.4, 0.5) is 18.9 Å². The normalized spacial score (nSPS) is 23.7. The van der Waals surface area contributed by atoms with E-state index in [0.29, 0.717) is 18.5 Å². The molecule has 0 bridgehead atoms. The minimum Gasteiger partial charge on any atom is -0.380 e. The molecule has 1 fully saturated rings. The Balaban J connectivity index is 2.11. The van der Waals surface area contributed by atoms with Crippen LogP contribution in [0.3, 0.4) is 0 Å². The zero-order valence-corrected chi connectivity index (χ0v) is 12.4. The summed E-state index contributed by atoms with van der Waals surface area (Å²) in [5.41, 5.74) is 1.35. The van der Waals surface area contributed by atoms with E-state index in [1.165, 1.54) is 0 Å². The molecule has 2 unspecified atom stereocenters. The fraction of sp³-hybridized carbons (Fsp3) is 0.615. The lowest BCUT2D eigenvalue weighted by Gasteiger charge is -2.32. The Morgan fingerprint density at radius 1 is 1.30 bits per heavy atom. The van der Waals surface area contributed by atoms with Gasteiger partial charge in [-0.2, -0.15) is 13.2 Å². The Hall–Kier alpha value is -0.680. The van der Waals surface area contributed by atoms with Crippen molar-refractivity contribution in [3.05, 3.63) is 21.9 Å². The van der Waals surface area contributed by atoms with E-state index in [9.17, 15) is 13.2 Å². The van der Waals surface area contributed by atoms with Gasteiger partial charge in [0.05, 0.1) is 11.6 Å². The first-order valence-corrected chi connectivity index (χ1v) is 7.19. The summed E-state index contributed by atoms with van der Waals surface area (Å²) < 4.78 is 38.3. The maximum atomic E-state index is 12.8. The van der Waals surface area contributed by atoms with Crippen LogP contribution in [0, 0.1) is 12.8 Å². The molecule has 2 nitrogen and oxygen atoms in total. The molecule has 1 saturated carbocycles. The highest BCUT2D eigenvalue weighted by Crippen LogP contribution is 2.39. The lowest BCUT2D eigenvalue weighted by molar-refractivity contribution is -0.182. The van der Waals surface area contributed by atoms with Crippen molar-refractivity contribution in [1.29, 1.82) is 0 Å². The Morgan fingerprint density at radius 3 is 2.60 bits per heavy atom. The van der Waals surface area contributed by atoms with Gasteiger partial charge in [0.25, 0.3) is 0 Å². The average molecular weight is 327 g/mol. The summed E-state index contributed by atoms with van der Waals surface area (Å²) in [7, 11) is 0. The maximum Gasteiger partial charge on any atom is 0.391 e. The van der Waals surface area contributed by atoms with Crippen molar-refractivity contribution in [1.82, 2.24) is 4.98 Å². The van der Waals surface area contributed by atoms with Gasteiger partial charge in [-0.15, -0.1) is 0 Å². The molecule has 112 valence electrons. The topological polar surface area (TPSA) is 24.9 Å². The minimum absolute atomic E-state index is 0.0713. The smallest absolute Gasteiger partial charge is 0.380 e. The van der Waals surface area contributed by atoms with Crippen molar-refractivity contribution in [2.75, 3.05) is 5.32 Å². The van der Waals surface area contributed by atoms with E-state index in [1.807, 2.05) is 0 Å². The highest BCUT2D eigenvalue weighted by atomic mass is 35.5. The van der Waals surface area contributed by atoms with Gasteiger partial charge < -0.3 is 5.32 Å². The van der Waals surface area contributed by atoms with Crippen molar-refractivity contribution in [3.63, 3.8) is 0 Å². The molecular weight excluding hydrogens is 312 g/mol. The molecule has 1 aliphatic rings. The number of rotatable bonds is 2. The number of alkyl halides is 3. The van der Waals surface area contributed by atoms with Crippen molar-refractivity contribution in [2.45, 2.75) is 44.8 Å². The molecule has 0 saturated heterocycles. The maximum absolute atomic E-state index is 12.8. The van der Waals surface area contributed by atoms with Crippen LogP contribution < -0.4 is 5.32 Å². The molecule has 1 N–H and O–H groups in total. The predicted octanol–water partition coefficient (Wildman–Crippen LogP) is 5.23.